The molecule has 3 nitrogen and oxygen atoms in total. The second-order valence-electron chi connectivity index (χ2n) is 4.65. The first kappa shape index (κ1) is 9.97. The van der Waals surface area contributed by atoms with E-state index in [4.69, 9.17) is 0 Å². The highest BCUT2D eigenvalue weighted by atomic mass is 16.2. The summed E-state index contributed by atoms with van der Waals surface area (Å²) in [6, 6.07) is 0.553. The summed E-state index contributed by atoms with van der Waals surface area (Å²) in [5.74, 6) is 0.938. The average molecular weight is 196 g/mol. The zero-order chi connectivity index (χ0) is 9.97. The van der Waals surface area contributed by atoms with Crippen molar-refractivity contribution in [2.24, 2.45) is 5.92 Å². The molecule has 1 atom stereocenters. The Hall–Kier alpha value is -0.570. The Bertz CT molecular complexity index is 207. The quantitative estimate of drug-likeness (QED) is 0.730. The zero-order valence-electron chi connectivity index (χ0n) is 8.96. The molecule has 1 N–H and O–H groups in total. The molecule has 0 aromatic carbocycles. The standard InChI is InChI=1S/C11H20N2O/c1-13(10-3-2-4-10)11(14)7-9-5-6-12-8-9/h9-10,12H,2-8H2,1H3. The maximum atomic E-state index is 11.8. The zero-order valence-corrected chi connectivity index (χ0v) is 8.96. The van der Waals surface area contributed by atoms with Crippen LogP contribution in [0.5, 0.6) is 0 Å². The first-order valence-electron chi connectivity index (χ1n) is 5.74. The van der Waals surface area contributed by atoms with Gasteiger partial charge in [0.1, 0.15) is 0 Å². The minimum atomic E-state index is 0.350. The Morgan fingerprint density at radius 2 is 2.21 bits per heavy atom. The van der Waals surface area contributed by atoms with Crippen LogP contribution in [0.15, 0.2) is 0 Å². The van der Waals surface area contributed by atoms with Gasteiger partial charge in [-0.15, -0.1) is 0 Å². The van der Waals surface area contributed by atoms with E-state index in [1.165, 1.54) is 25.7 Å². The van der Waals surface area contributed by atoms with Crippen LogP contribution in [0.1, 0.15) is 32.1 Å². The molecule has 2 rings (SSSR count). The van der Waals surface area contributed by atoms with E-state index < -0.39 is 0 Å². The van der Waals surface area contributed by atoms with Gasteiger partial charge < -0.3 is 10.2 Å². The van der Waals surface area contributed by atoms with Gasteiger partial charge in [-0.1, -0.05) is 0 Å². The normalized spacial score (nSPS) is 27.4. The number of nitrogens with zero attached hydrogens (tertiary/aromatic N) is 1. The maximum absolute atomic E-state index is 11.8. The molecule has 1 saturated carbocycles. The van der Waals surface area contributed by atoms with E-state index in [1.54, 1.807) is 0 Å². The SMILES string of the molecule is CN(C(=O)CC1CCNC1)C1CCC1. The number of nitrogens with one attached hydrogen (secondary N) is 1. The summed E-state index contributed by atoms with van der Waals surface area (Å²) in [6.45, 7) is 2.12. The molecular weight excluding hydrogens is 176 g/mol. The lowest BCUT2D eigenvalue weighted by Gasteiger charge is -2.35. The molecule has 1 aliphatic carbocycles. The summed E-state index contributed by atoms with van der Waals surface area (Å²) in [5, 5.41) is 3.30. The summed E-state index contributed by atoms with van der Waals surface area (Å²) in [7, 11) is 1.97. The second-order valence-corrected chi connectivity index (χ2v) is 4.65. The van der Waals surface area contributed by atoms with Crippen LogP contribution in [0.3, 0.4) is 0 Å². The van der Waals surface area contributed by atoms with E-state index in [9.17, 15) is 4.79 Å². The Balaban J connectivity index is 1.75. The molecule has 1 unspecified atom stereocenters. The van der Waals surface area contributed by atoms with E-state index >= 15 is 0 Å². The van der Waals surface area contributed by atoms with Crippen molar-refractivity contribution in [3.8, 4) is 0 Å². The molecule has 1 saturated heterocycles. The smallest absolute Gasteiger partial charge is 0.222 e. The molecule has 14 heavy (non-hydrogen) atoms. The van der Waals surface area contributed by atoms with Gasteiger partial charge in [-0.05, 0) is 44.7 Å². The Kier molecular flexibility index (Phi) is 3.06. The molecule has 1 aliphatic heterocycles. The highest BCUT2D eigenvalue weighted by Gasteiger charge is 2.27. The van der Waals surface area contributed by atoms with E-state index in [0.717, 1.165) is 19.5 Å². The molecule has 0 bridgehead atoms. The molecule has 1 amide bonds. The van der Waals surface area contributed by atoms with Gasteiger partial charge in [-0.2, -0.15) is 0 Å². The summed E-state index contributed by atoms with van der Waals surface area (Å²) >= 11 is 0. The summed E-state index contributed by atoms with van der Waals surface area (Å²) < 4.78 is 0. The number of carbonyl (C=O) groups excluding carboxylic acids is 1. The largest absolute Gasteiger partial charge is 0.343 e. The minimum absolute atomic E-state index is 0.350. The number of hydrogen-bond donors (Lipinski definition) is 1. The van der Waals surface area contributed by atoms with Crippen molar-refractivity contribution in [2.75, 3.05) is 20.1 Å². The number of carbonyl (C=O) groups is 1. The topological polar surface area (TPSA) is 32.3 Å². The van der Waals surface area contributed by atoms with Crippen molar-refractivity contribution in [1.29, 1.82) is 0 Å². The van der Waals surface area contributed by atoms with Crippen molar-refractivity contribution in [3.05, 3.63) is 0 Å². The van der Waals surface area contributed by atoms with Crippen molar-refractivity contribution in [1.82, 2.24) is 10.2 Å². The first-order valence-corrected chi connectivity index (χ1v) is 5.74. The number of rotatable bonds is 3. The van der Waals surface area contributed by atoms with Crippen LogP contribution in [0.4, 0.5) is 0 Å². The van der Waals surface area contributed by atoms with Gasteiger partial charge >= 0.3 is 0 Å². The van der Waals surface area contributed by atoms with Crippen LogP contribution in [0, 0.1) is 5.92 Å². The summed E-state index contributed by atoms with van der Waals surface area (Å²) in [5.41, 5.74) is 0. The van der Waals surface area contributed by atoms with Crippen molar-refractivity contribution in [3.63, 3.8) is 0 Å². The summed E-state index contributed by atoms with van der Waals surface area (Å²) in [4.78, 5) is 13.8. The molecule has 1 heterocycles. The Morgan fingerprint density at radius 1 is 1.43 bits per heavy atom. The minimum Gasteiger partial charge on any atom is -0.343 e. The molecule has 0 aromatic rings. The van der Waals surface area contributed by atoms with Gasteiger partial charge in [0.05, 0.1) is 0 Å². The molecular formula is C11H20N2O. The third-order valence-corrected chi connectivity index (χ3v) is 3.64. The molecule has 0 spiro atoms. The number of amides is 1. The van der Waals surface area contributed by atoms with Gasteiger partial charge in [0.2, 0.25) is 5.91 Å². The Morgan fingerprint density at radius 3 is 2.71 bits per heavy atom. The molecule has 2 aliphatic rings. The van der Waals surface area contributed by atoms with Gasteiger partial charge in [-0.3, -0.25) is 4.79 Å². The van der Waals surface area contributed by atoms with Crippen molar-refractivity contribution >= 4 is 5.91 Å². The highest BCUT2D eigenvalue weighted by Crippen LogP contribution is 2.25. The van der Waals surface area contributed by atoms with E-state index in [1.807, 2.05) is 11.9 Å². The summed E-state index contributed by atoms with van der Waals surface area (Å²) in [6.07, 6.45) is 5.65. The molecule has 2 fully saturated rings. The van der Waals surface area contributed by atoms with E-state index in [0.29, 0.717) is 17.9 Å². The first-order chi connectivity index (χ1) is 6.77. The predicted octanol–water partition coefficient (Wildman–Crippen LogP) is 0.997. The van der Waals surface area contributed by atoms with Crippen molar-refractivity contribution < 1.29 is 4.79 Å². The van der Waals surface area contributed by atoms with Crippen molar-refractivity contribution in [2.45, 2.75) is 38.1 Å². The van der Waals surface area contributed by atoms with Gasteiger partial charge in [0, 0.05) is 19.5 Å². The van der Waals surface area contributed by atoms with Crippen LogP contribution in [0.25, 0.3) is 0 Å². The van der Waals surface area contributed by atoms with E-state index in [2.05, 4.69) is 5.32 Å². The second kappa shape index (κ2) is 4.30. The monoisotopic (exact) mass is 196 g/mol. The fraction of sp³-hybridized carbons (Fsp3) is 0.909. The number of hydrogen-bond acceptors (Lipinski definition) is 2. The lowest BCUT2D eigenvalue weighted by atomic mass is 9.91. The molecule has 0 radical (unpaired) electrons. The highest BCUT2D eigenvalue weighted by molar-refractivity contribution is 5.76. The van der Waals surface area contributed by atoms with Crippen LogP contribution < -0.4 is 5.32 Å². The van der Waals surface area contributed by atoms with Gasteiger partial charge in [0.15, 0.2) is 0 Å². The fourth-order valence-electron chi connectivity index (χ4n) is 2.26. The molecule has 0 aromatic heterocycles. The predicted molar refractivity (Wildman–Crippen MR) is 56.0 cm³/mol. The van der Waals surface area contributed by atoms with E-state index in [-0.39, 0.29) is 0 Å². The Labute approximate surface area is 85.8 Å². The third-order valence-electron chi connectivity index (χ3n) is 3.64. The lowest BCUT2D eigenvalue weighted by molar-refractivity contribution is -0.134. The van der Waals surface area contributed by atoms with Gasteiger partial charge in [0.25, 0.3) is 0 Å². The van der Waals surface area contributed by atoms with Gasteiger partial charge in [-0.25, -0.2) is 0 Å². The average Bonchev–Trinajstić information content (AvgIpc) is 2.53. The third kappa shape index (κ3) is 2.08. The van der Waals surface area contributed by atoms with Crippen LogP contribution in [-0.4, -0.2) is 37.0 Å². The van der Waals surface area contributed by atoms with Crippen LogP contribution in [0.2, 0.25) is 0 Å². The molecule has 3 heteroatoms. The maximum Gasteiger partial charge on any atom is 0.222 e. The fourth-order valence-corrected chi connectivity index (χ4v) is 2.26. The lowest BCUT2D eigenvalue weighted by Crippen LogP contribution is -2.42. The van der Waals surface area contributed by atoms with Crippen LogP contribution >= 0.6 is 0 Å². The molecule has 80 valence electrons. The van der Waals surface area contributed by atoms with Crippen LogP contribution in [-0.2, 0) is 4.79 Å².